The second kappa shape index (κ2) is 8.32. The fourth-order valence-electron chi connectivity index (χ4n) is 2.48. The van der Waals surface area contributed by atoms with Crippen LogP contribution >= 0.6 is 0 Å². The Balaban J connectivity index is 2.08. The summed E-state index contributed by atoms with van der Waals surface area (Å²) in [5.41, 5.74) is 7.79. The van der Waals surface area contributed by atoms with E-state index >= 15 is 0 Å². The van der Waals surface area contributed by atoms with Gasteiger partial charge < -0.3 is 14.6 Å². The number of hydrogen-bond acceptors (Lipinski definition) is 7. The number of aliphatic carboxylic acids is 1. The van der Waals surface area contributed by atoms with Crippen molar-refractivity contribution in [2.24, 2.45) is 5.11 Å². The molecule has 12 nitrogen and oxygen atoms in total. The summed E-state index contributed by atoms with van der Waals surface area (Å²) in [4.78, 5) is 50.2. The second-order valence-electron chi connectivity index (χ2n) is 5.69. The van der Waals surface area contributed by atoms with Crippen molar-refractivity contribution in [3.63, 3.8) is 0 Å². The highest BCUT2D eigenvalue weighted by Crippen LogP contribution is 2.30. The van der Waals surface area contributed by atoms with Crippen molar-refractivity contribution in [2.75, 3.05) is 6.61 Å². The molecule has 12 heteroatoms. The Morgan fingerprint density at radius 2 is 2.23 bits per heavy atom. The van der Waals surface area contributed by atoms with Crippen LogP contribution in [-0.4, -0.2) is 45.3 Å². The van der Waals surface area contributed by atoms with E-state index in [1.165, 1.54) is 17.7 Å². The lowest BCUT2D eigenvalue weighted by Crippen LogP contribution is -2.33. The molecule has 2 rings (SSSR count). The molecule has 0 aliphatic carbocycles. The summed E-state index contributed by atoms with van der Waals surface area (Å²) in [5.74, 6) is -1.85. The van der Waals surface area contributed by atoms with Crippen LogP contribution in [0.15, 0.2) is 20.9 Å². The maximum atomic E-state index is 11.9. The molecule has 0 radical (unpaired) electrons. The second-order valence-corrected chi connectivity index (χ2v) is 5.69. The number of aromatic amines is 1. The molecule has 0 amide bonds. The van der Waals surface area contributed by atoms with Gasteiger partial charge in [0.25, 0.3) is 5.56 Å². The number of rotatable bonds is 7. The van der Waals surface area contributed by atoms with E-state index < -0.39 is 41.6 Å². The first-order valence-corrected chi connectivity index (χ1v) is 7.71. The van der Waals surface area contributed by atoms with Gasteiger partial charge in [0, 0.05) is 23.1 Å². The van der Waals surface area contributed by atoms with Crippen LogP contribution in [0.5, 0.6) is 0 Å². The van der Waals surface area contributed by atoms with Gasteiger partial charge >= 0.3 is 17.6 Å². The number of esters is 1. The number of carbonyl (C=O) groups is 2. The molecular formula is C14H17N5O7. The van der Waals surface area contributed by atoms with E-state index in [0.29, 0.717) is 5.56 Å². The molecule has 0 spiro atoms. The predicted octanol–water partition coefficient (Wildman–Crippen LogP) is 0.219. The molecule has 26 heavy (non-hydrogen) atoms. The molecule has 2 heterocycles. The highest BCUT2D eigenvalue weighted by molar-refractivity contribution is 5.76. The first-order chi connectivity index (χ1) is 12.3. The summed E-state index contributed by atoms with van der Waals surface area (Å²) in [5, 5.41) is 12.1. The average Bonchev–Trinajstić information content (AvgIpc) is 2.97. The van der Waals surface area contributed by atoms with Crippen LogP contribution in [0.2, 0.25) is 0 Å². The standard InChI is InChI=1S/C14H17N5O7/c1-7-5-19(14(24)16-13(7)23)10-4-8(17-18-15)9(26-10)6-25-12(22)3-2-11(20)21/h5,8-10H,2-4,6H2,1H3,(H,20,21)(H,16,23,24)/t8?,9-,10-/m1/s1. The van der Waals surface area contributed by atoms with Gasteiger partial charge in [0.2, 0.25) is 0 Å². The van der Waals surface area contributed by atoms with Crippen LogP contribution in [-0.2, 0) is 19.1 Å². The fraction of sp³-hybridized carbons (Fsp3) is 0.571. The first kappa shape index (κ1) is 19.2. The number of azide groups is 1. The Kier molecular flexibility index (Phi) is 6.15. The number of nitrogens with zero attached hydrogens (tertiary/aromatic N) is 4. The van der Waals surface area contributed by atoms with Gasteiger partial charge in [0.15, 0.2) is 0 Å². The van der Waals surface area contributed by atoms with Crippen LogP contribution in [0.3, 0.4) is 0 Å². The van der Waals surface area contributed by atoms with Crippen LogP contribution in [0, 0.1) is 6.92 Å². The summed E-state index contributed by atoms with van der Waals surface area (Å²) < 4.78 is 11.8. The Bertz CT molecular complexity index is 854. The Morgan fingerprint density at radius 3 is 2.88 bits per heavy atom. The summed E-state index contributed by atoms with van der Waals surface area (Å²) >= 11 is 0. The van der Waals surface area contributed by atoms with E-state index in [0.717, 1.165) is 0 Å². The van der Waals surface area contributed by atoms with Gasteiger partial charge in [-0.25, -0.2) is 4.79 Å². The molecule has 1 aliphatic heterocycles. The largest absolute Gasteiger partial charge is 0.481 e. The van der Waals surface area contributed by atoms with E-state index in [1.54, 1.807) is 0 Å². The van der Waals surface area contributed by atoms with E-state index in [1.807, 2.05) is 0 Å². The van der Waals surface area contributed by atoms with Crippen LogP contribution in [0.4, 0.5) is 0 Å². The third-order valence-corrected chi connectivity index (χ3v) is 3.81. The zero-order chi connectivity index (χ0) is 19.3. The normalized spacial score (nSPS) is 21.8. The van der Waals surface area contributed by atoms with Gasteiger partial charge in [-0.3, -0.25) is 23.9 Å². The number of carboxylic acid groups (broad SMARTS) is 1. The summed E-state index contributed by atoms with van der Waals surface area (Å²) in [6.45, 7) is 1.27. The molecule has 140 valence electrons. The van der Waals surface area contributed by atoms with Gasteiger partial charge in [0.1, 0.15) is 18.9 Å². The Labute approximate surface area is 146 Å². The molecule has 1 saturated heterocycles. The maximum Gasteiger partial charge on any atom is 0.330 e. The minimum atomic E-state index is -1.13. The zero-order valence-electron chi connectivity index (χ0n) is 13.8. The van der Waals surface area contributed by atoms with Crippen molar-refractivity contribution >= 4 is 11.9 Å². The number of carbonyl (C=O) groups excluding carboxylic acids is 1. The fourth-order valence-corrected chi connectivity index (χ4v) is 2.48. The molecule has 1 fully saturated rings. The smallest absolute Gasteiger partial charge is 0.330 e. The third kappa shape index (κ3) is 4.71. The van der Waals surface area contributed by atoms with Crippen LogP contribution in [0.25, 0.3) is 10.4 Å². The highest BCUT2D eigenvalue weighted by Gasteiger charge is 2.37. The SMILES string of the molecule is Cc1cn([C@H]2CC(N=[N+]=[N-])[C@@H](COC(=O)CCC(=O)O)O2)c(=O)[nH]c1=O. The van der Waals surface area contributed by atoms with Gasteiger partial charge in [-0.1, -0.05) is 5.11 Å². The van der Waals surface area contributed by atoms with E-state index in [4.69, 9.17) is 20.1 Å². The molecule has 1 aromatic heterocycles. The topological polar surface area (TPSA) is 176 Å². The molecule has 1 aromatic rings. The summed E-state index contributed by atoms with van der Waals surface area (Å²) in [6.07, 6.45) is -0.790. The predicted molar refractivity (Wildman–Crippen MR) is 85.3 cm³/mol. The zero-order valence-corrected chi connectivity index (χ0v) is 13.8. The minimum Gasteiger partial charge on any atom is -0.481 e. The molecule has 1 aliphatic rings. The Hall–Kier alpha value is -3.11. The quantitative estimate of drug-likeness (QED) is 0.299. The van der Waals surface area contributed by atoms with E-state index in [2.05, 4.69) is 15.0 Å². The number of ether oxygens (including phenoxy) is 2. The van der Waals surface area contributed by atoms with E-state index in [9.17, 15) is 19.2 Å². The van der Waals surface area contributed by atoms with Crippen molar-refractivity contribution in [3.05, 3.63) is 43.0 Å². The lowest BCUT2D eigenvalue weighted by molar-refractivity contribution is -0.151. The first-order valence-electron chi connectivity index (χ1n) is 7.71. The lowest BCUT2D eigenvalue weighted by atomic mass is 10.1. The molecular weight excluding hydrogens is 350 g/mol. The lowest BCUT2D eigenvalue weighted by Gasteiger charge is -2.16. The molecule has 3 atom stereocenters. The monoisotopic (exact) mass is 367 g/mol. The number of carboxylic acids is 1. The van der Waals surface area contributed by atoms with Gasteiger partial charge in [0.05, 0.1) is 18.9 Å². The summed E-state index contributed by atoms with van der Waals surface area (Å²) in [7, 11) is 0. The molecule has 1 unspecified atom stereocenters. The highest BCUT2D eigenvalue weighted by atomic mass is 16.6. The number of hydrogen-bond donors (Lipinski definition) is 2. The van der Waals surface area contributed by atoms with Crippen molar-refractivity contribution < 1.29 is 24.2 Å². The molecule has 2 N–H and O–H groups in total. The number of aryl methyl sites for hydroxylation is 1. The number of nitrogens with one attached hydrogen (secondary N) is 1. The van der Waals surface area contributed by atoms with Crippen LogP contribution < -0.4 is 11.2 Å². The summed E-state index contributed by atoms with van der Waals surface area (Å²) in [6, 6.07) is -0.698. The number of aromatic nitrogens is 2. The average molecular weight is 367 g/mol. The Morgan fingerprint density at radius 1 is 1.50 bits per heavy atom. The van der Waals surface area contributed by atoms with Gasteiger partial charge in [-0.05, 0) is 12.5 Å². The van der Waals surface area contributed by atoms with Gasteiger partial charge in [-0.2, -0.15) is 0 Å². The number of H-pyrrole nitrogens is 1. The van der Waals surface area contributed by atoms with Gasteiger partial charge in [-0.15, -0.1) is 0 Å². The van der Waals surface area contributed by atoms with Crippen molar-refractivity contribution in [3.8, 4) is 0 Å². The molecule has 0 bridgehead atoms. The van der Waals surface area contributed by atoms with Crippen molar-refractivity contribution in [1.82, 2.24) is 9.55 Å². The molecule has 0 aromatic carbocycles. The maximum absolute atomic E-state index is 11.9. The minimum absolute atomic E-state index is 0.146. The van der Waals surface area contributed by atoms with Crippen molar-refractivity contribution in [2.45, 2.75) is 44.6 Å². The van der Waals surface area contributed by atoms with Crippen LogP contribution in [0.1, 0.15) is 31.1 Å². The third-order valence-electron chi connectivity index (χ3n) is 3.81. The molecule has 0 saturated carbocycles. The van der Waals surface area contributed by atoms with Crippen molar-refractivity contribution in [1.29, 1.82) is 0 Å². The van der Waals surface area contributed by atoms with E-state index in [-0.39, 0.29) is 25.9 Å².